The maximum atomic E-state index is 10.8. The molecule has 2 rings (SSSR count). The van der Waals surface area contributed by atoms with Gasteiger partial charge in [0.25, 0.3) is 0 Å². The van der Waals surface area contributed by atoms with Gasteiger partial charge in [-0.3, -0.25) is 9.20 Å². The van der Waals surface area contributed by atoms with Crippen molar-refractivity contribution in [3.63, 3.8) is 0 Å². The monoisotopic (exact) mass is 206 g/mol. The second kappa shape index (κ2) is 3.32. The molecular formula is C9H10N4O2. The molecule has 0 bridgehead atoms. The zero-order valence-corrected chi connectivity index (χ0v) is 8.08. The summed E-state index contributed by atoms with van der Waals surface area (Å²) in [5.41, 5.74) is 6.49. The van der Waals surface area contributed by atoms with Gasteiger partial charge in [0.1, 0.15) is 11.9 Å². The Morgan fingerprint density at radius 2 is 2.33 bits per heavy atom. The highest BCUT2D eigenvalue weighted by molar-refractivity contribution is 5.78. The van der Waals surface area contributed by atoms with Crippen LogP contribution in [0.4, 0.5) is 0 Å². The van der Waals surface area contributed by atoms with Crippen molar-refractivity contribution < 1.29 is 9.90 Å². The summed E-state index contributed by atoms with van der Waals surface area (Å²) in [6.45, 7) is 1.79. The number of pyridine rings is 1. The van der Waals surface area contributed by atoms with E-state index in [0.717, 1.165) is 0 Å². The lowest BCUT2D eigenvalue weighted by atomic mass is 10.1. The summed E-state index contributed by atoms with van der Waals surface area (Å²) in [7, 11) is 0. The van der Waals surface area contributed by atoms with Gasteiger partial charge in [0.05, 0.1) is 0 Å². The molecule has 0 aliphatic carbocycles. The fourth-order valence-corrected chi connectivity index (χ4v) is 1.43. The lowest BCUT2D eigenvalue weighted by molar-refractivity contribution is -0.138. The number of aromatic nitrogens is 3. The van der Waals surface area contributed by atoms with Crippen LogP contribution >= 0.6 is 0 Å². The van der Waals surface area contributed by atoms with Gasteiger partial charge < -0.3 is 10.8 Å². The molecule has 3 N–H and O–H groups in total. The Labute approximate surface area is 85.3 Å². The second-order valence-corrected chi connectivity index (χ2v) is 3.22. The maximum Gasteiger partial charge on any atom is 0.325 e. The van der Waals surface area contributed by atoms with Crippen LogP contribution in [0.2, 0.25) is 0 Å². The van der Waals surface area contributed by atoms with E-state index in [2.05, 4.69) is 10.2 Å². The molecule has 0 saturated carbocycles. The molecule has 6 heteroatoms. The Hall–Kier alpha value is -1.95. The molecule has 0 fully saturated rings. The van der Waals surface area contributed by atoms with Crippen LogP contribution in [0.15, 0.2) is 18.3 Å². The van der Waals surface area contributed by atoms with Crippen molar-refractivity contribution in [3.05, 3.63) is 29.7 Å². The smallest absolute Gasteiger partial charge is 0.325 e. The third-order valence-electron chi connectivity index (χ3n) is 2.24. The number of carboxylic acids is 1. The molecule has 0 saturated heterocycles. The first-order valence-corrected chi connectivity index (χ1v) is 4.40. The molecular weight excluding hydrogens is 196 g/mol. The van der Waals surface area contributed by atoms with Crippen LogP contribution in [0, 0.1) is 6.92 Å². The van der Waals surface area contributed by atoms with Gasteiger partial charge in [-0.2, -0.15) is 0 Å². The van der Waals surface area contributed by atoms with E-state index in [4.69, 9.17) is 10.8 Å². The zero-order chi connectivity index (χ0) is 11.0. The molecule has 2 aromatic heterocycles. The Kier molecular flexibility index (Phi) is 2.12. The lowest BCUT2D eigenvalue weighted by Gasteiger charge is -2.07. The number of nitrogens with zero attached hydrogens (tertiary/aromatic N) is 3. The summed E-state index contributed by atoms with van der Waals surface area (Å²) >= 11 is 0. The Bertz CT molecular complexity index is 520. The number of carboxylic acid groups (broad SMARTS) is 1. The highest BCUT2D eigenvalue weighted by Gasteiger charge is 2.18. The van der Waals surface area contributed by atoms with Crippen LogP contribution in [0.5, 0.6) is 0 Å². The zero-order valence-electron chi connectivity index (χ0n) is 8.08. The lowest BCUT2D eigenvalue weighted by Crippen LogP contribution is -2.21. The summed E-state index contributed by atoms with van der Waals surface area (Å²) < 4.78 is 1.71. The van der Waals surface area contributed by atoms with Gasteiger partial charge >= 0.3 is 5.97 Å². The molecule has 0 aromatic carbocycles. The number of fused-ring (bicyclic) bond motifs is 1. The standard InChI is InChI=1S/C9H10N4O2/c1-5-11-12-8-6(7(10)9(14)15)3-2-4-13(5)8/h2-4,7H,10H2,1H3,(H,14,15). The van der Waals surface area contributed by atoms with Crippen LogP contribution < -0.4 is 5.73 Å². The average molecular weight is 206 g/mol. The molecule has 15 heavy (non-hydrogen) atoms. The number of aliphatic carboxylic acids is 1. The van der Waals surface area contributed by atoms with E-state index in [1.807, 2.05) is 0 Å². The van der Waals surface area contributed by atoms with Gasteiger partial charge in [0.2, 0.25) is 0 Å². The summed E-state index contributed by atoms with van der Waals surface area (Å²) in [5.74, 6) is -0.381. The van der Waals surface area contributed by atoms with Gasteiger partial charge in [-0.25, -0.2) is 0 Å². The van der Waals surface area contributed by atoms with E-state index in [1.165, 1.54) is 0 Å². The Balaban J connectivity index is 2.66. The fraction of sp³-hybridized carbons (Fsp3) is 0.222. The van der Waals surface area contributed by atoms with Crippen molar-refractivity contribution in [2.75, 3.05) is 0 Å². The van der Waals surface area contributed by atoms with Crippen LogP contribution in [0.1, 0.15) is 17.4 Å². The number of nitrogens with two attached hydrogens (primary N) is 1. The van der Waals surface area contributed by atoms with Crippen molar-refractivity contribution in [2.45, 2.75) is 13.0 Å². The van der Waals surface area contributed by atoms with Gasteiger partial charge in [0.15, 0.2) is 5.65 Å². The van der Waals surface area contributed by atoms with Crippen LogP contribution in [0.3, 0.4) is 0 Å². The highest BCUT2D eigenvalue weighted by Crippen LogP contribution is 2.16. The number of aryl methyl sites for hydroxylation is 1. The number of hydrogen-bond acceptors (Lipinski definition) is 4. The molecule has 0 spiro atoms. The highest BCUT2D eigenvalue weighted by atomic mass is 16.4. The van der Waals surface area contributed by atoms with Crippen molar-refractivity contribution in [1.29, 1.82) is 0 Å². The van der Waals surface area contributed by atoms with Crippen LogP contribution in [-0.2, 0) is 4.79 Å². The minimum atomic E-state index is -1.08. The van der Waals surface area contributed by atoms with Crippen molar-refractivity contribution in [2.24, 2.45) is 5.73 Å². The van der Waals surface area contributed by atoms with Crippen molar-refractivity contribution in [3.8, 4) is 0 Å². The van der Waals surface area contributed by atoms with E-state index in [9.17, 15) is 4.79 Å². The number of carbonyl (C=O) groups is 1. The van der Waals surface area contributed by atoms with Gasteiger partial charge in [0, 0.05) is 11.8 Å². The molecule has 0 aliphatic heterocycles. The molecule has 0 amide bonds. The van der Waals surface area contributed by atoms with Crippen molar-refractivity contribution in [1.82, 2.24) is 14.6 Å². The third kappa shape index (κ3) is 1.44. The van der Waals surface area contributed by atoms with E-state index < -0.39 is 12.0 Å². The quantitative estimate of drug-likeness (QED) is 0.728. The molecule has 6 nitrogen and oxygen atoms in total. The predicted molar refractivity (Wildman–Crippen MR) is 52.3 cm³/mol. The van der Waals surface area contributed by atoms with Crippen molar-refractivity contribution >= 4 is 11.6 Å². The molecule has 78 valence electrons. The summed E-state index contributed by atoms with van der Waals surface area (Å²) in [4.78, 5) is 10.8. The minimum Gasteiger partial charge on any atom is -0.480 e. The molecule has 2 aromatic rings. The molecule has 1 atom stereocenters. The second-order valence-electron chi connectivity index (χ2n) is 3.22. The Morgan fingerprint density at radius 3 is 3.00 bits per heavy atom. The van der Waals surface area contributed by atoms with Gasteiger partial charge in [-0.05, 0) is 13.0 Å². The van der Waals surface area contributed by atoms with E-state index >= 15 is 0 Å². The maximum absolute atomic E-state index is 10.8. The number of hydrogen-bond donors (Lipinski definition) is 2. The topological polar surface area (TPSA) is 93.5 Å². The molecule has 1 unspecified atom stereocenters. The predicted octanol–water partition coefficient (Wildman–Crippen LogP) is 0.122. The van der Waals surface area contributed by atoms with Gasteiger partial charge in [-0.1, -0.05) is 6.07 Å². The molecule has 0 radical (unpaired) electrons. The summed E-state index contributed by atoms with van der Waals surface area (Å²) in [6.07, 6.45) is 1.77. The first-order chi connectivity index (χ1) is 7.11. The Morgan fingerprint density at radius 1 is 1.60 bits per heavy atom. The van der Waals surface area contributed by atoms with Crippen LogP contribution in [0.25, 0.3) is 5.65 Å². The van der Waals surface area contributed by atoms with E-state index in [-0.39, 0.29) is 0 Å². The first kappa shape index (κ1) is 9.60. The summed E-state index contributed by atoms with van der Waals surface area (Å²) in [6, 6.07) is 2.29. The fourth-order valence-electron chi connectivity index (χ4n) is 1.43. The molecule has 0 aliphatic rings. The average Bonchev–Trinajstić information content (AvgIpc) is 2.59. The van der Waals surface area contributed by atoms with Gasteiger partial charge in [-0.15, -0.1) is 10.2 Å². The first-order valence-electron chi connectivity index (χ1n) is 4.40. The third-order valence-corrected chi connectivity index (χ3v) is 2.24. The summed E-state index contributed by atoms with van der Waals surface area (Å²) in [5, 5.41) is 16.6. The minimum absolute atomic E-state index is 0.464. The molecule has 2 heterocycles. The largest absolute Gasteiger partial charge is 0.480 e. The van der Waals surface area contributed by atoms with E-state index in [1.54, 1.807) is 29.7 Å². The number of rotatable bonds is 2. The van der Waals surface area contributed by atoms with E-state index in [0.29, 0.717) is 17.0 Å². The van der Waals surface area contributed by atoms with Crippen LogP contribution in [-0.4, -0.2) is 25.7 Å². The normalized spacial score (nSPS) is 12.9. The SMILES string of the molecule is Cc1nnc2c(C(N)C(=O)O)cccn12.